The van der Waals surface area contributed by atoms with Crippen molar-refractivity contribution in [3.05, 3.63) is 28.3 Å². The number of rotatable bonds is 3. The van der Waals surface area contributed by atoms with Crippen molar-refractivity contribution in [2.24, 2.45) is 0 Å². The zero-order chi connectivity index (χ0) is 13.3. The summed E-state index contributed by atoms with van der Waals surface area (Å²) in [6, 6.07) is 1.52. The number of aromatic hydroxyl groups is 1. The molecule has 0 heterocycles. The van der Waals surface area contributed by atoms with E-state index in [0.717, 1.165) is 0 Å². The summed E-state index contributed by atoms with van der Waals surface area (Å²) in [7, 11) is 0. The van der Waals surface area contributed by atoms with Crippen LogP contribution in [0.4, 0.5) is 0 Å². The van der Waals surface area contributed by atoms with Crippen molar-refractivity contribution in [1.29, 1.82) is 0 Å². The zero-order valence-electron chi connectivity index (χ0n) is 12.0. The molecule has 0 aliphatic rings. The van der Waals surface area contributed by atoms with Crippen molar-refractivity contribution < 1.29 is 66.4 Å². The van der Waals surface area contributed by atoms with Gasteiger partial charge in [0, 0.05) is 11.1 Å². The number of carbonyl (C=O) groups excluding carboxylic acids is 1. The predicted molar refractivity (Wildman–Crippen MR) is 65.4 cm³/mol. The van der Waals surface area contributed by atoms with E-state index in [0.29, 0.717) is 16.7 Å². The van der Waals surface area contributed by atoms with Crippen LogP contribution >= 0.6 is 0 Å². The van der Waals surface area contributed by atoms with Crippen molar-refractivity contribution in [1.82, 2.24) is 0 Å². The molecule has 1 rings (SSSR count). The summed E-state index contributed by atoms with van der Waals surface area (Å²) in [6.45, 7) is 9.43. The van der Waals surface area contributed by atoms with E-state index in [1.165, 1.54) is 6.07 Å². The van der Waals surface area contributed by atoms with E-state index in [1.807, 2.05) is 27.7 Å². The molecule has 0 unspecified atom stereocenters. The molecule has 0 saturated carbocycles. The smallest absolute Gasteiger partial charge is 0.545 e. The van der Waals surface area contributed by atoms with Gasteiger partial charge in [0.25, 0.3) is 0 Å². The van der Waals surface area contributed by atoms with Gasteiger partial charge in [0.15, 0.2) is 0 Å². The van der Waals surface area contributed by atoms with Crippen molar-refractivity contribution in [3.63, 3.8) is 0 Å². The van der Waals surface area contributed by atoms with E-state index in [-0.39, 0.29) is 74.5 Å². The summed E-state index contributed by atoms with van der Waals surface area (Å²) in [6.07, 6.45) is 0. The monoisotopic (exact) mass is 274 g/mol. The first-order chi connectivity index (χ1) is 7.77. The van der Waals surface area contributed by atoms with Gasteiger partial charge in [-0.1, -0.05) is 27.7 Å². The third-order valence-corrected chi connectivity index (χ3v) is 3.06. The zero-order valence-corrected chi connectivity index (χ0v) is 15.1. The Morgan fingerprint density at radius 2 is 1.72 bits per heavy atom. The van der Waals surface area contributed by atoms with Crippen LogP contribution in [0.25, 0.3) is 0 Å². The van der Waals surface area contributed by atoms with Gasteiger partial charge in [0.2, 0.25) is 0 Å². The normalized spacial score (nSPS) is 10.6. The Bertz CT molecular complexity index is 451. The van der Waals surface area contributed by atoms with E-state index < -0.39 is 5.97 Å². The number of hydrogen-bond donors (Lipinski definition) is 1. The topological polar surface area (TPSA) is 60.4 Å². The number of carboxylic acid groups (broad SMARTS) is 1. The van der Waals surface area contributed by atoms with Crippen LogP contribution in [0.3, 0.4) is 0 Å². The Morgan fingerprint density at radius 3 is 2.06 bits per heavy atom. The molecule has 3 nitrogen and oxygen atoms in total. The summed E-state index contributed by atoms with van der Waals surface area (Å²) in [5, 5.41) is 21.3. The predicted octanol–water partition coefficient (Wildman–Crippen LogP) is -0.685. The number of hydrogen-bond acceptors (Lipinski definition) is 3. The van der Waals surface area contributed by atoms with E-state index >= 15 is 0 Å². The molecule has 0 spiro atoms. The number of phenols is 1. The van der Waals surface area contributed by atoms with Crippen LogP contribution < -0.4 is 56.5 Å². The maximum Gasteiger partial charge on any atom is 1.00 e. The van der Waals surface area contributed by atoms with E-state index in [9.17, 15) is 15.0 Å². The summed E-state index contributed by atoms with van der Waals surface area (Å²) < 4.78 is 0. The van der Waals surface area contributed by atoms with E-state index in [2.05, 4.69) is 0 Å². The van der Waals surface area contributed by atoms with Gasteiger partial charge in [-0.15, -0.1) is 0 Å². The van der Waals surface area contributed by atoms with Crippen molar-refractivity contribution in [2.45, 2.75) is 46.5 Å². The maximum absolute atomic E-state index is 11.1. The van der Waals surface area contributed by atoms with Crippen molar-refractivity contribution in [3.8, 4) is 5.75 Å². The van der Waals surface area contributed by atoms with Crippen molar-refractivity contribution in [2.75, 3.05) is 0 Å². The Hall–Kier alpha value is 0.126. The maximum atomic E-state index is 11.1. The number of carbonyl (C=O) groups is 1. The average molecular weight is 274 g/mol. The molecule has 1 aromatic rings. The standard InChI is InChI=1S/C14H20O3.K/c1-7(2)10-6-11(14(16)17)9(5)12(8(3)4)13(10)15;/h6-8,15H,1-5H3,(H,16,17);/q;+1/p-1. The fraction of sp³-hybridized carbons (Fsp3) is 0.500. The average Bonchev–Trinajstić information content (AvgIpc) is 2.15. The van der Waals surface area contributed by atoms with Gasteiger partial charge < -0.3 is 15.0 Å². The number of benzene rings is 1. The first-order valence-electron chi connectivity index (χ1n) is 5.85. The summed E-state index contributed by atoms with van der Waals surface area (Å²) >= 11 is 0. The number of aromatic carboxylic acids is 1. The molecular formula is C14H19KO3. The molecule has 0 fully saturated rings. The van der Waals surface area contributed by atoms with Crippen LogP contribution in [0.1, 0.15) is 66.6 Å². The SMILES string of the molecule is Cc1c(C(=O)[O-])cc(C(C)C)c(O)c1C(C)C.[K+]. The molecule has 0 atom stereocenters. The second-order valence-corrected chi connectivity index (χ2v) is 5.00. The molecule has 0 radical (unpaired) electrons. The molecule has 0 aliphatic heterocycles. The molecule has 1 aromatic carbocycles. The molecule has 0 amide bonds. The molecule has 18 heavy (non-hydrogen) atoms. The molecule has 0 aliphatic carbocycles. The van der Waals surface area contributed by atoms with Gasteiger partial charge in [-0.3, -0.25) is 0 Å². The van der Waals surface area contributed by atoms with Crippen LogP contribution in [0.15, 0.2) is 6.07 Å². The van der Waals surface area contributed by atoms with Crippen molar-refractivity contribution >= 4 is 5.97 Å². The summed E-state index contributed by atoms with van der Waals surface area (Å²) in [5.41, 5.74) is 2.14. The third-order valence-electron chi connectivity index (χ3n) is 3.06. The quantitative estimate of drug-likeness (QED) is 0.743. The van der Waals surface area contributed by atoms with Crippen LogP contribution in [0.5, 0.6) is 5.75 Å². The number of carboxylic acids is 1. The van der Waals surface area contributed by atoms with E-state index in [1.54, 1.807) is 6.92 Å². The van der Waals surface area contributed by atoms with Gasteiger partial charge in [0.1, 0.15) is 5.75 Å². The summed E-state index contributed by atoms with van der Waals surface area (Å²) in [4.78, 5) is 11.1. The van der Waals surface area contributed by atoms with Gasteiger partial charge in [0.05, 0.1) is 5.97 Å². The minimum atomic E-state index is -1.19. The molecule has 0 saturated heterocycles. The molecule has 4 heteroatoms. The van der Waals surface area contributed by atoms with Crippen LogP contribution in [0, 0.1) is 6.92 Å². The molecule has 94 valence electrons. The minimum absolute atomic E-state index is 0. The van der Waals surface area contributed by atoms with Gasteiger partial charge in [-0.2, -0.15) is 0 Å². The number of phenolic OH excluding ortho intramolecular Hbond substituents is 1. The first-order valence-corrected chi connectivity index (χ1v) is 5.85. The second-order valence-electron chi connectivity index (χ2n) is 5.00. The molecular weight excluding hydrogens is 255 g/mol. The van der Waals surface area contributed by atoms with Gasteiger partial charge >= 0.3 is 51.4 Å². The second kappa shape index (κ2) is 7.05. The first kappa shape index (κ1) is 18.1. The molecule has 0 bridgehead atoms. The molecule has 1 N–H and O–H groups in total. The Kier molecular flexibility index (Phi) is 7.10. The minimum Gasteiger partial charge on any atom is -0.545 e. The van der Waals surface area contributed by atoms with Crippen LogP contribution in [0.2, 0.25) is 0 Å². The largest absolute Gasteiger partial charge is 1.00 e. The molecule has 0 aromatic heterocycles. The fourth-order valence-electron chi connectivity index (χ4n) is 2.17. The van der Waals surface area contributed by atoms with Crippen LogP contribution in [-0.2, 0) is 0 Å². The van der Waals surface area contributed by atoms with Gasteiger partial charge in [-0.05, 0) is 36.0 Å². The fourth-order valence-corrected chi connectivity index (χ4v) is 2.17. The van der Waals surface area contributed by atoms with E-state index in [4.69, 9.17) is 0 Å². The van der Waals surface area contributed by atoms with Crippen LogP contribution in [-0.4, -0.2) is 11.1 Å². The van der Waals surface area contributed by atoms with Gasteiger partial charge in [-0.25, -0.2) is 0 Å². The Labute approximate surface area is 151 Å². The Morgan fingerprint density at radius 1 is 1.22 bits per heavy atom. The summed E-state index contributed by atoms with van der Waals surface area (Å²) in [5.74, 6) is -0.818. The third kappa shape index (κ3) is 3.58. The Balaban J connectivity index is 0.00000289.